The van der Waals surface area contributed by atoms with Crippen LogP contribution in [0.3, 0.4) is 0 Å². The number of carbonyl (C=O) groups is 1. The van der Waals surface area contributed by atoms with Gasteiger partial charge in [-0.2, -0.15) is 0 Å². The van der Waals surface area contributed by atoms with Gasteiger partial charge < -0.3 is 4.79 Å². The minimum Gasteiger partial charge on any atom is -0.303 e. The Kier molecular flexibility index (Phi) is 1.82. The zero-order valence-corrected chi connectivity index (χ0v) is 7.62. The van der Waals surface area contributed by atoms with Crippen LogP contribution in [0, 0.1) is 17.3 Å². The fourth-order valence-electron chi connectivity index (χ4n) is 2.80. The number of aldehydes is 1. The second-order valence-corrected chi connectivity index (χ2v) is 4.35. The van der Waals surface area contributed by atoms with Crippen LogP contribution in [0.5, 0.6) is 0 Å². The third-order valence-electron chi connectivity index (χ3n) is 3.72. The second kappa shape index (κ2) is 2.72. The monoisotopic (exact) mass is 164 g/mol. The summed E-state index contributed by atoms with van der Waals surface area (Å²) in [6.45, 7) is 2.33. The Bertz CT molecular complexity index is 219. The van der Waals surface area contributed by atoms with Crippen molar-refractivity contribution in [3.05, 3.63) is 12.2 Å². The van der Waals surface area contributed by atoms with Gasteiger partial charge in [-0.05, 0) is 36.5 Å². The van der Waals surface area contributed by atoms with Crippen molar-refractivity contribution in [2.45, 2.75) is 32.6 Å². The first-order valence-electron chi connectivity index (χ1n) is 4.89. The predicted molar refractivity (Wildman–Crippen MR) is 48.8 cm³/mol. The van der Waals surface area contributed by atoms with E-state index in [4.69, 9.17) is 0 Å². The first kappa shape index (κ1) is 8.03. The molecule has 0 aliphatic heterocycles. The Morgan fingerprint density at radius 3 is 3.08 bits per heavy atom. The molecule has 1 heteroatoms. The average Bonchev–Trinajstić information content (AvgIpc) is 2.71. The second-order valence-electron chi connectivity index (χ2n) is 4.35. The van der Waals surface area contributed by atoms with Gasteiger partial charge in [0, 0.05) is 6.42 Å². The summed E-state index contributed by atoms with van der Waals surface area (Å²) in [6.07, 6.45) is 10.1. The summed E-state index contributed by atoms with van der Waals surface area (Å²) in [5.41, 5.74) is 0.480. The molecule has 0 radical (unpaired) electrons. The van der Waals surface area contributed by atoms with Crippen LogP contribution in [-0.4, -0.2) is 6.29 Å². The van der Waals surface area contributed by atoms with Gasteiger partial charge in [0.25, 0.3) is 0 Å². The van der Waals surface area contributed by atoms with Gasteiger partial charge in [-0.3, -0.25) is 0 Å². The summed E-state index contributed by atoms with van der Waals surface area (Å²) in [6, 6.07) is 0. The van der Waals surface area contributed by atoms with Crippen LogP contribution in [0.25, 0.3) is 0 Å². The largest absolute Gasteiger partial charge is 0.303 e. The fourth-order valence-corrected chi connectivity index (χ4v) is 2.80. The van der Waals surface area contributed by atoms with E-state index in [0.717, 1.165) is 31.0 Å². The molecule has 1 fully saturated rings. The van der Waals surface area contributed by atoms with Crippen LogP contribution >= 0.6 is 0 Å². The molecule has 0 amide bonds. The Hall–Kier alpha value is -0.590. The quantitative estimate of drug-likeness (QED) is 0.463. The fraction of sp³-hybridized carbons (Fsp3) is 0.727. The first-order valence-corrected chi connectivity index (χ1v) is 4.89. The molecule has 0 saturated heterocycles. The molecule has 2 rings (SSSR count). The summed E-state index contributed by atoms with van der Waals surface area (Å²) in [7, 11) is 0. The molecule has 0 aromatic carbocycles. The average molecular weight is 164 g/mol. The highest BCUT2D eigenvalue weighted by molar-refractivity contribution is 5.49. The van der Waals surface area contributed by atoms with Crippen molar-refractivity contribution in [3.8, 4) is 0 Å². The molecule has 1 saturated carbocycles. The lowest BCUT2D eigenvalue weighted by molar-refractivity contribution is -0.108. The lowest BCUT2D eigenvalue weighted by atomic mass is 9.98. The van der Waals surface area contributed by atoms with Crippen LogP contribution in [-0.2, 0) is 4.79 Å². The standard InChI is InChI=1S/C11H16O/c1-11(7-4-8-12)9-5-2-3-6-10(9)11/h2,5,8-10H,3-4,6-7H2,1H3/t9-,10+,11+/m0/s1. The van der Waals surface area contributed by atoms with E-state index in [-0.39, 0.29) is 0 Å². The molecule has 0 spiro atoms. The summed E-state index contributed by atoms with van der Waals surface area (Å²) in [4.78, 5) is 10.3. The van der Waals surface area contributed by atoms with Gasteiger partial charge in [-0.15, -0.1) is 0 Å². The third-order valence-corrected chi connectivity index (χ3v) is 3.72. The molecule has 0 heterocycles. The molecule has 3 atom stereocenters. The summed E-state index contributed by atoms with van der Waals surface area (Å²) in [5.74, 6) is 1.69. The maximum atomic E-state index is 10.3. The van der Waals surface area contributed by atoms with Crippen LogP contribution < -0.4 is 0 Å². The van der Waals surface area contributed by atoms with E-state index < -0.39 is 0 Å². The van der Waals surface area contributed by atoms with E-state index in [0.29, 0.717) is 5.41 Å². The smallest absolute Gasteiger partial charge is 0.120 e. The maximum Gasteiger partial charge on any atom is 0.120 e. The number of carbonyl (C=O) groups excluding carboxylic acids is 1. The summed E-state index contributed by atoms with van der Waals surface area (Å²) < 4.78 is 0. The minimum absolute atomic E-state index is 0.480. The molecule has 12 heavy (non-hydrogen) atoms. The number of hydrogen-bond donors (Lipinski definition) is 0. The van der Waals surface area contributed by atoms with Crippen molar-refractivity contribution in [1.82, 2.24) is 0 Å². The van der Waals surface area contributed by atoms with E-state index in [9.17, 15) is 4.79 Å². The van der Waals surface area contributed by atoms with Gasteiger partial charge >= 0.3 is 0 Å². The number of allylic oxidation sites excluding steroid dienone is 2. The van der Waals surface area contributed by atoms with Crippen molar-refractivity contribution >= 4 is 6.29 Å². The molecule has 0 unspecified atom stereocenters. The molecule has 2 aliphatic rings. The van der Waals surface area contributed by atoms with Crippen LogP contribution in [0.2, 0.25) is 0 Å². The van der Waals surface area contributed by atoms with Crippen molar-refractivity contribution in [3.63, 3.8) is 0 Å². The molecule has 66 valence electrons. The van der Waals surface area contributed by atoms with Gasteiger partial charge in [0.15, 0.2) is 0 Å². The molecular weight excluding hydrogens is 148 g/mol. The summed E-state index contributed by atoms with van der Waals surface area (Å²) >= 11 is 0. The topological polar surface area (TPSA) is 17.1 Å². The van der Waals surface area contributed by atoms with E-state index in [2.05, 4.69) is 19.1 Å². The number of hydrogen-bond acceptors (Lipinski definition) is 1. The molecular formula is C11H16O. The van der Waals surface area contributed by atoms with Gasteiger partial charge in [-0.1, -0.05) is 19.1 Å². The maximum absolute atomic E-state index is 10.3. The Balaban J connectivity index is 1.97. The van der Waals surface area contributed by atoms with Gasteiger partial charge in [-0.25, -0.2) is 0 Å². The summed E-state index contributed by atoms with van der Waals surface area (Å²) in [5, 5.41) is 0. The zero-order valence-electron chi connectivity index (χ0n) is 7.62. The normalized spacial score (nSPS) is 43.8. The lowest BCUT2D eigenvalue weighted by Crippen LogP contribution is -1.99. The SMILES string of the molecule is C[C@]1(CCC=O)[C@@H]2CCC=C[C@@H]21. The Labute approximate surface area is 73.8 Å². The van der Waals surface area contributed by atoms with Crippen molar-refractivity contribution in [2.24, 2.45) is 17.3 Å². The van der Waals surface area contributed by atoms with Crippen molar-refractivity contribution < 1.29 is 4.79 Å². The van der Waals surface area contributed by atoms with Gasteiger partial charge in [0.1, 0.15) is 6.29 Å². The molecule has 0 aromatic heterocycles. The van der Waals surface area contributed by atoms with Crippen LogP contribution in [0.1, 0.15) is 32.6 Å². The molecule has 0 bridgehead atoms. The molecule has 0 aromatic rings. The Morgan fingerprint density at radius 2 is 2.50 bits per heavy atom. The highest BCUT2D eigenvalue weighted by Crippen LogP contribution is 2.65. The number of rotatable bonds is 3. The highest BCUT2D eigenvalue weighted by Gasteiger charge is 2.58. The van der Waals surface area contributed by atoms with Crippen molar-refractivity contribution in [2.75, 3.05) is 0 Å². The number of fused-ring (bicyclic) bond motifs is 1. The lowest BCUT2D eigenvalue weighted by Gasteiger charge is -2.06. The predicted octanol–water partition coefficient (Wildman–Crippen LogP) is 2.57. The highest BCUT2D eigenvalue weighted by atomic mass is 16.1. The van der Waals surface area contributed by atoms with Crippen molar-refractivity contribution in [1.29, 1.82) is 0 Å². The zero-order chi connectivity index (χ0) is 8.60. The van der Waals surface area contributed by atoms with Gasteiger partial charge in [0.05, 0.1) is 0 Å². The van der Waals surface area contributed by atoms with Gasteiger partial charge in [0.2, 0.25) is 0 Å². The first-order chi connectivity index (χ1) is 5.79. The van der Waals surface area contributed by atoms with E-state index in [1.807, 2.05) is 0 Å². The van der Waals surface area contributed by atoms with E-state index >= 15 is 0 Å². The van der Waals surface area contributed by atoms with E-state index in [1.165, 1.54) is 12.8 Å². The molecule has 0 N–H and O–H groups in total. The van der Waals surface area contributed by atoms with Crippen LogP contribution in [0.15, 0.2) is 12.2 Å². The minimum atomic E-state index is 0.480. The molecule has 2 aliphatic carbocycles. The third kappa shape index (κ3) is 1.03. The molecule has 1 nitrogen and oxygen atoms in total. The Morgan fingerprint density at radius 1 is 1.67 bits per heavy atom. The van der Waals surface area contributed by atoms with E-state index in [1.54, 1.807) is 0 Å². The van der Waals surface area contributed by atoms with Crippen LogP contribution in [0.4, 0.5) is 0 Å².